The molecule has 2 saturated heterocycles. The van der Waals surface area contributed by atoms with Gasteiger partial charge in [0.1, 0.15) is 23.9 Å². The summed E-state index contributed by atoms with van der Waals surface area (Å²) in [7, 11) is -1.63. The van der Waals surface area contributed by atoms with Crippen LogP contribution >= 0.6 is 8.60 Å². The first-order valence-corrected chi connectivity index (χ1v) is 14.2. The van der Waals surface area contributed by atoms with Gasteiger partial charge in [0.05, 0.1) is 13.2 Å². The maximum Gasteiger partial charge on any atom is 0.333 e. The van der Waals surface area contributed by atoms with Crippen molar-refractivity contribution in [3.63, 3.8) is 0 Å². The third kappa shape index (κ3) is 4.97. The van der Waals surface area contributed by atoms with Gasteiger partial charge in [-0.05, 0) is 23.6 Å². The van der Waals surface area contributed by atoms with Gasteiger partial charge in [0.15, 0.2) is 6.23 Å². The number of hydrogen-bond donors (Lipinski definition) is 1. The molecule has 2 aliphatic heterocycles. The molecular formula is C30H29N2O7P. The summed E-state index contributed by atoms with van der Waals surface area (Å²) in [5, 5.41) is 0. The van der Waals surface area contributed by atoms with Gasteiger partial charge in [-0.1, -0.05) is 91.0 Å². The van der Waals surface area contributed by atoms with Gasteiger partial charge in [-0.25, -0.2) is 4.79 Å². The molecule has 40 heavy (non-hydrogen) atoms. The van der Waals surface area contributed by atoms with E-state index in [-0.39, 0.29) is 6.61 Å². The number of fused-ring (bicyclic) bond motifs is 1. The second-order valence-electron chi connectivity index (χ2n) is 9.45. The van der Waals surface area contributed by atoms with Gasteiger partial charge < -0.3 is 23.0 Å². The summed E-state index contributed by atoms with van der Waals surface area (Å²) >= 11 is 0. The molecular weight excluding hydrogens is 531 g/mol. The number of rotatable bonds is 9. The zero-order valence-corrected chi connectivity index (χ0v) is 22.7. The van der Waals surface area contributed by atoms with Gasteiger partial charge in [0.25, 0.3) is 5.56 Å². The molecule has 3 heterocycles. The van der Waals surface area contributed by atoms with Crippen molar-refractivity contribution in [2.45, 2.75) is 37.1 Å². The summed E-state index contributed by atoms with van der Waals surface area (Å²) in [6.07, 6.45) is -1.22. The van der Waals surface area contributed by atoms with Crippen LogP contribution in [0.2, 0.25) is 0 Å². The first-order chi connectivity index (χ1) is 19.6. The number of aromatic nitrogens is 2. The lowest BCUT2D eigenvalue weighted by molar-refractivity contribution is -0.0986. The van der Waals surface area contributed by atoms with E-state index in [2.05, 4.69) is 4.98 Å². The van der Waals surface area contributed by atoms with Crippen LogP contribution in [-0.4, -0.2) is 41.1 Å². The van der Waals surface area contributed by atoms with E-state index in [0.29, 0.717) is 6.61 Å². The number of aromatic amines is 1. The minimum Gasteiger partial charge on any atom is -0.358 e. The predicted octanol–water partition coefficient (Wildman–Crippen LogP) is 4.49. The number of nitrogens with one attached hydrogen (secondary N) is 1. The summed E-state index contributed by atoms with van der Waals surface area (Å²) in [4.78, 5) is 26.7. The quantitative estimate of drug-likeness (QED) is 0.238. The highest BCUT2D eigenvalue weighted by Crippen LogP contribution is 2.56. The molecule has 1 N–H and O–H groups in total. The lowest BCUT2D eigenvalue weighted by atomic mass is 9.80. The highest BCUT2D eigenvalue weighted by molar-refractivity contribution is 7.42. The van der Waals surface area contributed by atoms with E-state index in [1.54, 1.807) is 0 Å². The SMILES string of the molecule is CCO[P@@]1O[C@@H]2[C@H](O1)[C@@H](COC(c1ccccc1)(c1ccccc1)c1ccccc1)O[C@H]2n1ccc(=O)[nH]c1=O. The van der Waals surface area contributed by atoms with Crippen LogP contribution in [0.5, 0.6) is 0 Å². The first-order valence-electron chi connectivity index (χ1n) is 13.1. The van der Waals surface area contributed by atoms with E-state index >= 15 is 0 Å². The van der Waals surface area contributed by atoms with E-state index in [1.807, 2.05) is 97.9 Å². The van der Waals surface area contributed by atoms with Crippen molar-refractivity contribution in [3.05, 3.63) is 141 Å². The Labute approximate surface area is 232 Å². The highest BCUT2D eigenvalue weighted by Gasteiger charge is 2.55. The largest absolute Gasteiger partial charge is 0.358 e. The fraction of sp³-hybridized carbons (Fsp3) is 0.267. The van der Waals surface area contributed by atoms with Gasteiger partial charge in [0.2, 0.25) is 0 Å². The van der Waals surface area contributed by atoms with Crippen molar-refractivity contribution in [2.24, 2.45) is 0 Å². The molecule has 4 aromatic rings. The van der Waals surface area contributed by atoms with Crippen LogP contribution in [0.4, 0.5) is 0 Å². The number of ether oxygens (including phenoxy) is 2. The van der Waals surface area contributed by atoms with Crippen molar-refractivity contribution in [2.75, 3.05) is 13.2 Å². The van der Waals surface area contributed by atoms with E-state index in [0.717, 1.165) is 16.7 Å². The van der Waals surface area contributed by atoms with Gasteiger partial charge >= 0.3 is 14.3 Å². The smallest absolute Gasteiger partial charge is 0.333 e. The Morgan fingerprint density at radius 3 is 1.90 bits per heavy atom. The lowest BCUT2D eigenvalue weighted by Gasteiger charge is -2.37. The number of hydrogen-bond acceptors (Lipinski definition) is 7. The fourth-order valence-corrected chi connectivity index (χ4v) is 6.56. The fourth-order valence-electron chi connectivity index (χ4n) is 5.30. The molecule has 2 fully saturated rings. The first kappa shape index (κ1) is 26.8. The molecule has 5 atom stereocenters. The van der Waals surface area contributed by atoms with Crippen molar-refractivity contribution < 1.29 is 23.0 Å². The second kappa shape index (κ2) is 11.6. The summed E-state index contributed by atoms with van der Waals surface area (Å²) < 4.78 is 32.6. The van der Waals surface area contributed by atoms with E-state index in [4.69, 9.17) is 23.0 Å². The molecule has 0 saturated carbocycles. The predicted molar refractivity (Wildman–Crippen MR) is 149 cm³/mol. The van der Waals surface area contributed by atoms with E-state index < -0.39 is 50.0 Å². The number of benzene rings is 3. The Hall–Kier alpha value is -3.43. The van der Waals surface area contributed by atoms with Crippen LogP contribution in [0.1, 0.15) is 29.8 Å². The normalized spacial score (nSPS) is 24.2. The van der Waals surface area contributed by atoms with Crippen LogP contribution in [0, 0.1) is 0 Å². The van der Waals surface area contributed by atoms with Crippen LogP contribution in [0.25, 0.3) is 0 Å². The minimum atomic E-state index is -1.63. The molecule has 206 valence electrons. The van der Waals surface area contributed by atoms with E-state index in [9.17, 15) is 9.59 Å². The molecule has 0 amide bonds. The second-order valence-corrected chi connectivity index (χ2v) is 10.6. The summed E-state index contributed by atoms with van der Waals surface area (Å²) in [5.74, 6) is 0. The number of nitrogens with zero attached hydrogens (tertiary/aromatic N) is 1. The molecule has 0 unspecified atom stereocenters. The van der Waals surface area contributed by atoms with Gasteiger partial charge in [-0.15, -0.1) is 0 Å². The summed E-state index contributed by atoms with van der Waals surface area (Å²) in [6, 6.07) is 31.4. The standard InChI is InChI=1S/C30H29N2O7P/c1-2-36-40-38-26-24(37-28(27(26)39-40)32-19-18-25(33)31-29(32)34)20-35-30(21-12-6-3-7-13-21,22-14-8-4-9-15-22)23-16-10-5-11-17-23/h3-19,24,26-28H,2,20H2,1H3,(H,31,33,34)/t24-,26-,27-,28-,40-/m1/s1. The Morgan fingerprint density at radius 2 is 1.38 bits per heavy atom. The molecule has 0 bridgehead atoms. The molecule has 0 aliphatic carbocycles. The average molecular weight is 561 g/mol. The molecule has 2 aliphatic rings. The maximum atomic E-state index is 12.7. The Kier molecular flexibility index (Phi) is 7.76. The van der Waals surface area contributed by atoms with Gasteiger partial charge in [0, 0.05) is 12.3 Å². The zero-order valence-electron chi connectivity index (χ0n) is 21.8. The third-order valence-electron chi connectivity index (χ3n) is 7.07. The van der Waals surface area contributed by atoms with Crippen LogP contribution in [0.15, 0.2) is 113 Å². The molecule has 0 spiro atoms. The zero-order chi connectivity index (χ0) is 27.5. The molecule has 10 heteroatoms. The maximum absolute atomic E-state index is 12.7. The van der Waals surface area contributed by atoms with Crippen LogP contribution in [-0.2, 0) is 28.6 Å². The molecule has 6 rings (SSSR count). The Bertz CT molecular complexity index is 1430. The molecule has 0 radical (unpaired) electrons. The van der Waals surface area contributed by atoms with Gasteiger partial charge in [-0.3, -0.25) is 14.3 Å². The third-order valence-corrected chi connectivity index (χ3v) is 8.37. The molecule has 3 aromatic carbocycles. The van der Waals surface area contributed by atoms with Gasteiger partial charge in [-0.2, -0.15) is 0 Å². The Morgan fingerprint density at radius 1 is 0.825 bits per heavy atom. The van der Waals surface area contributed by atoms with E-state index in [1.165, 1.54) is 16.8 Å². The minimum absolute atomic E-state index is 0.118. The summed E-state index contributed by atoms with van der Waals surface area (Å²) in [5.41, 5.74) is 0.816. The van der Waals surface area contributed by atoms with Crippen LogP contribution < -0.4 is 11.2 Å². The molecule has 1 aromatic heterocycles. The van der Waals surface area contributed by atoms with Crippen molar-refractivity contribution in [3.8, 4) is 0 Å². The highest BCUT2D eigenvalue weighted by atomic mass is 31.2. The topological polar surface area (TPSA) is 101 Å². The summed E-state index contributed by atoms with van der Waals surface area (Å²) in [6.45, 7) is 2.39. The Balaban J connectivity index is 1.39. The molecule has 9 nitrogen and oxygen atoms in total. The number of H-pyrrole nitrogens is 1. The van der Waals surface area contributed by atoms with Crippen molar-refractivity contribution in [1.29, 1.82) is 0 Å². The van der Waals surface area contributed by atoms with Crippen molar-refractivity contribution >= 4 is 8.60 Å². The van der Waals surface area contributed by atoms with Crippen LogP contribution in [0.3, 0.4) is 0 Å². The lowest BCUT2D eigenvalue weighted by Crippen LogP contribution is -2.39. The van der Waals surface area contributed by atoms with Crippen molar-refractivity contribution in [1.82, 2.24) is 9.55 Å². The average Bonchev–Trinajstić information content (AvgIpc) is 3.55. The monoisotopic (exact) mass is 560 g/mol.